The maximum absolute atomic E-state index is 11.4. The van der Waals surface area contributed by atoms with Gasteiger partial charge >= 0.3 is 0 Å². The second-order valence-electron chi connectivity index (χ2n) is 5.81. The molecule has 0 bridgehead atoms. The van der Waals surface area contributed by atoms with Crippen LogP contribution < -0.4 is 15.4 Å². The topological polar surface area (TPSA) is 79.8 Å². The summed E-state index contributed by atoms with van der Waals surface area (Å²) in [4.78, 5) is 4.13. The second kappa shape index (κ2) is 8.19. The predicted molar refractivity (Wildman–Crippen MR) is 92.8 cm³/mol. The van der Waals surface area contributed by atoms with E-state index >= 15 is 0 Å². The molecule has 23 heavy (non-hydrogen) atoms. The Morgan fingerprint density at radius 3 is 2.65 bits per heavy atom. The third kappa shape index (κ3) is 6.09. The van der Waals surface area contributed by atoms with Gasteiger partial charge in [0, 0.05) is 13.6 Å². The van der Waals surface area contributed by atoms with Crippen LogP contribution in [0.3, 0.4) is 0 Å². The van der Waals surface area contributed by atoms with Crippen molar-refractivity contribution >= 4 is 15.8 Å². The molecule has 0 spiro atoms. The third-order valence-corrected chi connectivity index (χ3v) is 5.63. The number of ether oxygens (including phenoxy) is 1. The predicted octanol–water partition coefficient (Wildman–Crippen LogP) is 0.974. The van der Waals surface area contributed by atoms with Gasteiger partial charge in [-0.3, -0.25) is 4.99 Å². The quantitative estimate of drug-likeness (QED) is 0.459. The molecule has 0 amide bonds. The molecule has 1 heterocycles. The van der Waals surface area contributed by atoms with E-state index in [0.29, 0.717) is 31.4 Å². The Balaban J connectivity index is 1.64. The lowest BCUT2D eigenvalue weighted by atomic mass is 10.1. The molecule has 1 atom stereocenters. The summed E-state index contributed by atoms with van der Waals surface area (Å²) in [5.74, 6) is 2.25. The van der Waals surface area contributed by atoms with Crippen molar-refractivity contribution in [2.75, 3.05) is 38.2 Å². The molecular formula is C16H25N3O3S. The lowest BCUT2D eigenvalue weighted by Crippen LogP contribution is -2.41. The van der Waals surface area contributed by atoms with Crippen LogP contribution >= 0.6 is 0 Å². The molecule has 2 N–H and O–H groups in total. The number of sulfone groups is 1. The molecule has 1 fully saturated rings. The smallest absolute Gasteiger partial charge is 0.191 e. The van der Waals surface area contributed by atoms with Gasteiger partial charge in [0.1, 0.15) is 12.4 Å². The monoisotopic (exact) mass is 339 g/mol. The van der Waals surface area contributed by atoms with Gasteiger partial charge in [0.15, 0.2) is 15.8 Å². The van der Waals surface area contributed by atoms with Gasteiger partial charge in [-0.25, -0.2) is 8.42 Å². The summed E-state index contributed by atoms with van der Waals surface area (Å²) in [6, 6.07) is 7.92. The van der Waals surface area contributed by atoms with Gasteiger partial charge in [-0.2, -0.15) is 0 Å². The number of aryl methyl sites for hydroxylation is 1. The molecular weight excluding hydrogens is 314 g/mol. The largest absolute Gasteiger partial charge is 0.492 e. The van der Waals surface area contributed by atoms with E-state index < -0.39 is 9.84 Å². The average Bonchev–Trinajstić information content (AvgIpc) is 2.87. The lowest BCUT2D eigenvalue weighted by Gasteiger charge is -2.14. The maximum atomic E-state index is 11.4. The Morgan fingerprint density at radius 2 is 2.04 bits per heavy atom. The highest BCUT2D eigenvalue weighted by molar-refractivity contribution is 7.91. The van der Waals surface area contributed by atoms with Crippen molar-refractivity contribution in [3.05, 3.63) is 29.8 Å². The van der Waals surface area contributed by atoms with E-state index in [-0.39, 0.29) is 11.7 Å². The molecule has 1 aliphatic rings. The minimum Gasteiger partial charge on any atom is -0.492 e. The van der Waals surface area contributed by atoms with Gasteiger partial charge in [-0.1, -0.05) is 17.7 Å². The summed E-state index contributed by atoms with van der Waals surface area (Å²) in [6.45, 7) is 3.81. The Kier molecular flexibility index (Phi) is 6.27. The first kappa shape index (κ1) is 17.6. The fourth-order valence-electron chi connectivity index (χ4n) is 2.47. The molecule has 1 saturated heterocycles. The summed E-state index contributed by atoms with van der Waals surface area (Å²) in [5, 5.41) is 6.33. The van der Waals surface area contributed by atoms with E-state index in [1.165, 1.54) is 5.56 Å². The van der Waals surface area contributed by atoms with E-state index in [1.807, 2.05) is 31.2 Å². The summed E-state index contributed by atoms with van der Waals surface area (Å²) in [6.07, 6.45) is 0.725. The van der Waals surface area contributed by atoms with Crippen LogP contribution in [0.5, 0.6) is 5.75 Å². The number of nitrogens with one attached hydrogen (secondary N) is 2. The highest BCUT2D eigenvalue weighted by atomic mass is 32.2. The van der Waals surface area contributed by atoms with E-state index in [0.717, 1.165) is 12.2 Å². The van der Waals surface area contributed by atoms with Crippen LogP contribution in [0.15, 0.2) is 29.3 Å². The maximum Gasteiger partial charge on any atom is 0.191 e. The van der Waals surface area contributed by atoms with Crippen molar-refractivity contribution in [3.8, 4) is 5.75 Å². The SMILES string of the molecule is CN=C(NCCOc1ccc(C)cc1)NCC1CCS(=O)(=O)C1. The summed E-state index contributed by atoms with van der Waals surface area (Å²) in [5.41, 5.74) is 1.20. The fourth-order valence-corrected chi connectivity index (χ4v) is 4.33. The molecule has 1 aromatic rings. The Hall–Kier alpha value is -1.76. The van der Waals surface area contributed by atoms with Crippen LogP contribution in [0.1, 0.15) is 12.0 Å². The van der Waals surface area contributed by atoms with Gasteiger partial charge in [-0.05, 0) is 31.4 Å². The summed E-state index contributed by atoms with van der Waals surface area (Å²) in [7, 11) is -1.13. The highest BCUT2D eigenvalue weighted by Crippen LogP contribution is 2.17. The standard InChI is InChI=1S/C16H25N3O3S/c1-13-3-5-15(6-4-13)22-9-8-18-16(17-2)19-11-14-7-10-23(20,21)12-14/h3-6,14H,7-12H2,1-2H3,(H2,17,18,19). The van der Waals surface area contributed by atoms with E-state index in [4.69, 9.17) is 4.74 Å². The van der Waals surface area contributed by atoms with Crippen LogP contribution in [-0.4, -0.2) is 52.6 Å². The van der Waals surface area contributed by atoms with Crippen LogP contribution in [-0.2, 0) is 9.84 Å². The minimum absolute atomic E-state index is 0.169. The van der Waals surface area contributed by atoms with Gasteiger partial charge in [0.2, 0.25) is 0 Å². The zero-order chi connectivity index (χ0) is 16.7. The Morgan fingerprint density at radius 1 is 1.30 bits per heavy atom. The van der Waals surface area contributed by atoms with Crippen molar-refractivity contribution in [1.29, 1.82) is 0 Å². The molecule has 0 aromatic heterocycles. The van der Waals surface area contributed by atoms with Crippen molar-refractivity contribution in [2.45, 2.75) is 13.3 Å². The van der Waals surface area contributed by atoms with Gasteiger partial charge in [0.25, 0.3) is 0 Å². The average molecular weight is 339 g/mol. The highest BCUT2D eigenvalue weighted by Gasteiger charge is 2.27. The summed E-state index contributed by atoms with van der Waals surface area (Å²) >= 11 is 0. The normalized spacial score (nSPS) is 20.3. The lowest BCUT2D eigenvalue weighted by molar-refractivity contribution is 0.321. The van der Waals surface area contributed by atoms with Crippen molar-refractivity contribution in [2.24, 2.45) is 10.9 Å². The second-order valence-corrected chi connectivity index (χ2v) is 8.04. The van der Waals surface area contributed by atoms with E-state index in [1.54, 1.807) is 7.05 Å². The first-order chi connectivity index (χ1) is 11.0. The number of guanidine groups is 1. The van der Waals surface area contributed by atoms with Crippen LogP contribution in [0, 0.1) is 12.8 Å². The fraction of sp³-hybridized carbons (Fsp3) is 0.562. The molecule has 128 valence electrons. The zero-order valence-corrected chi connectivity index (χ0v) is 14.5. The molecule has 7 heteroatoms. The van der Waals surface area contributed by atoms with Gasteiger partial charge in [-0.15, -0.1) is 0 Å². The number of nitrogens with zero attached hydrogens (tertiary/aromatic N) is 1. The van der Waals surface area contributed by atoms with Crippen molar-refractivity contribution < 1.29 is 13.2 Å². The number of benzene rings is 1. The Labute approximate surface area is 138 Å². The molecule has 6 nitrogen and oxygen atoms in total. The van der Waals surface area contributed by atoms with E-state index in [9.17, 15) is 8.42 Å². The molecule has 0 aliphatic carbocycles. The van der Waals surface area contributed by atoms with Crippen LogP contribution in [0.25, 0.3) is 0 Å². The Bertz CT molecular complexity index is 626. The van der Waals surface area contributed by atoms with Gasteiger partial charge in [0.05, 0.1) is 18.1 Å². The molecule has 2 rings (SSSR count). The van der Waals surface area contributed by atoms with Crippen LogP contribution in [0.4, 0.5) is 0 Å². The first-order valence-corrected chi connectivity index (χ1v) is 9.65. The van der Waals surface area contributed by atoms with Gasteiger partial charge < -0.3 is 15.4 Å². The number of hydrogen-bond acceptors (Lipinski definition) is 4. The molecule has 0 saturated carbocycles. The third-order valence-electron chi connectivity index (χ3n) is 3.79. The van der Waals surface area contributed by atoms with Crippen molar-refractivity contribution in [3.63, 3.8) is 0 Å². The van der Waals surface area contributed by atoms with Crippen molar-refractivity contribution in [1.82, 2.24) is 10.6 Å². The summed E-state index contributed by atoms with van der Waals surface area (Å²) < 4.78 is 28.5. The van der Waals surface area contributed by atoms with E-state index in [2.05, 4.69) is 15.6 Å². The number of rotatable bonds is 6. The molecule has 0 radical (unpaired) electrons. The minimum atomic E-state index is -2.83. The molecule has 1 aromatic carbocycles. The molecule has 1 aliphatic heterocycles. The first-order valence-electron chi connectivity index (χ1n) is 7.83. The number of aliphatic imine (C=N–C) groups is 1. The molecule has 1 unspecified atom stereocenters. The number of hydrogen-bond donors (Lipinski definition) is 2. The zero-order valence-electron chi connectivity index (χ0n) is 13.7. The van der Waals surface area contributed by atoms with Crippen LogP contribution in [0.2, 0.25) is 0 Å².